The fourth-order valence-corrected chi connectivity index (χ4v) is 1.26. The van der Waals surface area contributed by atoms with E-state index in [1.807, 2.05) is 0 Å². The Labute approximate surface area is 89.1 Å². The molecule has 0 fully saturated rings. The standard InChI is InChI=1S/C8H8N4O4/c9-3-4-15-6-2-1-5(12(13)14)7-8(6)11-16-10-7/h1-2H,3-4,9H2. The average Bonchev–Trinajstić information content (AvgIpc) is 2.74. The maximum absolute atomic E-state index is 10.7. The molecule has 0 aliphatic carbocycles. The highest BCUT2D eigenvalue weighted by molar-refractivity contribution is 5.88. The van der Waals surface area contributed by atoms with Gasteiger partial charge < -0.3 is 10.5 Å². The molecule has 16 heavy (non-hydrogen) atoms. The third-order valence-corrected chi connectivity index (χ3v) is 1.93. The lowest BCUT2D eigenvalue weighted by Gasteiger charge is -2.03. The van der Waals surface area contributed by atoms with Crippen LogP contribution in [0, 0.1) is 10.1 Å². The molecular formula is C8H8N4O4. The monoisotopic (exact) mass is 224 g/mol. The molecule has 0 radical (unpaired) electrons. The van der Waals surface area contributed by atoms with Gasteiger partial charge in [0.25, 0.3) is 0 Å². The van der Waals surface area contributed by atoms with Gasteiger partial charge in [-0.05, 0) is 16.4 Å². The molecule has 1 aromatic carbocycles. The van der Waals surface area contributed by atoms with Crippen molar-refractivity contribution in [2.45, 2.75) is 0 Å². The molecule has 0 saturated heterocycles. The molecule has 0 aliphatic heterocycles. The van der Waals surface area contributed by atoms with Crippen LogP contribution in [0.3, 0.4) is 0 Å². The Kier molecular flexibility index (Phi) is 2.64. The second kappa shape index (κ2) is 4.11. The zero-order valence-corrected chi connectivity index (χ0v) is 8.12. The summed E-state index contributed by atoms with van der Waals surface area (Å²) >= 11 is 0. The smallest absolute Gasteiger partial charge is 0.301 e. The largest absolute Gasteiger partial charge is 0.490 e. The molecule has 0 amide bonds. The summed E-state index contributed by atoms with van der Waals surface area (Å²) in [5.41, 5.74) is 5.40. The van der Waals surface area contributed by atoms with Crippen LogP contribution in [-0.2, 0) is 0 Å². The number of aromatic nitrogens is 2. The van der Waals surface area contributed by atoms with Gasteiger partial charge in [-0.2, -0.15) is 0 Å². The zero-order chi connectivity index (χ0) is 11.5. The molecule has 1 aromatic heterocycles. The lowest BCUT2D eigenvalue weighted by atomic mass is 10.2. The first-order chi connectivity index (χ1) is 7.74. The highest BCUT2D eigenvalue weighted by Gasteiger charge is 2.19. The second-order valence-electron chi connectivity index (χ2n) is 2.94. The minimum absolute atomic E-state index is 0.0690. The molecule has 0 spiro atoms. The fraction of sp³-hybridized carbons (Fsp3) is 0.250. The quantitative estimate of drug-likeness (QED) is 0.592. The third kappa shape index (κ3) is 1.65. The molecular weight excluding hydrogens is 216 g/mol. The van der Waals surface area contributed by atoms with Crippen molar-refractivity contribution in [3.05, 3.63) is 22.2 Å². The van der Waals surface area contributed by atoms with Crippen LogP contribution in [0.4, 0.5) is 5.69 Å². The Morgan fingerprint density at radius 3 is 2.88 bits per heavy atom. The van der Waals surface area contributed by atoms with Gasteiger partial charge in [-0.3, -0.25) is 10.1 Å². The van der Waals surface area contributed by atoms with Gasteiger partial charge in [-0.15, -0.1) is 0 Å². The maximum atomic E-state index is 10.7. The van der Waals surface area contributed by atoms with Crippen molar-refractivity contribution in [1.29, 1.82) is 0 Å². The van der Waals surface area contributed by atoms with Gasteiger partial charge in [0.05, 0.1) is 4.92 Å². The summed E-state index contributed by atoms with van der Waals surface area (Å²) in [6.07, 6.45) is 0. The number of rotatable bonds is 4. The Morgan fingerprint density at radius 1 is 1.44 bits per heavy atom. The topological polar surface area (TPSA) is 117 Å². The van der Waals surface area contributed by atoms with Crippen molar-refractivity contribution in [2.75, 3.05) is 13.2 Å². The SMILES string of the molecule is NCCOc1ccc([N+](=O)[O-])c2nonc12. The van der Waals surface area contributed by atoms with E-state index in [0.717, 1.165) is 0 Å². The Morgan fingerprint density at radius 2 is 2.19 bits per heavy atom. The van der Waals surface area contributed by atoms with Crippen LogP contribution >= 0.6 is 0 Å². The number of non-ortho nitro benzene ring substituents is 1. The minimum atomic E-state index is -0.556. The number of nitro benzene ring substituents is 1. The maximum Gasteiger partial charge on any atom is 0.301 e. The van der Waals surface area contributed by atoms with Crippen molar-refractivity contribution in [3.8, 4) is 5.75 Å². The summed E-state index contributed by atoms with van der Waals surface area (Å²) in [5.74, 6) is 0.368. The Balaban J connectivity index is 2.50. The first kappa shape index (κ1) is 10.3. The highest BCUT2D eigenvalue weighted by atomic mass is 16.6. The first-order valence-corrected chi connectivity index (χ1v) is 4.46. The molecule has 0 saturated carbocycles. The van der Waals surface area contributed by atoms with E-state index >= 15 is 0 Å². The number of benzene rings is 1. The minimum Gasteiger partial charge on any atom is -0.490 e. The molecule has 0 bridgehead atoms. The van der Waals surface area contributed by atoms with Crippen molar-refractivity contribution in [2.24, 2.45) is 5.73 Å². The van der Waals surface area contributed by atoms with Crippen LogP contribution in [-0.4, -0.2) is 28.4 Å². The molecule has 2 N–H and O–H groups in total. The predicted octanol–water partition coefficient (Wildman–Crippen LogP) is 0.468. The van der Waals surface area contributed by atoms with E-state index < -0.39 is 4.92 Å². The highest BCUT2D eigenvalue weighted by Crippen LogP contribution is 2.29. The number of nitrogens with two attached hydrogens (primary N) is 1. The summed E-state index contributed by atoms with van der Waals surface area (Å²) in [6, 6.07) is 2.73. The van der Waals surface area contributed by atoms with Crippen LogP contribution in [0.25, 0.3) is 11.0 Å². The molecule has 0 unspecified atom stereocenters. The molecule has 0 atom stereocenters. The summed E-state index contributed by atoms with van der Waals surface area (Å²) in [7, 11) is 0. The Hall–Kier alpha value is -2.22. The van der Waals surface area contributed by atoms with Gasteiger partial charge in [0.2, 0.25) is 5.52 Å². The van der Waals surface area contributed by atoms with E-state index in [1.54, 1.807) is 0 Å². The van der Waals surface area contributed by atoms with Crippen LogP contribution in [0.5, 0.6) is 5.75 Å². The zero-order valence-electron chi connectivity index (χ0n) is 8.12. The fourth-order valence-electron chi connectivity index (χ4n) is 1.26. The molecule has 2 aromatic rings. The lowest BCUT2D eigenvalue weighted by molar-refractivity contribution is -0.383. The summed E-state index contributed by atoms with van der Waals surface area (Å²) in [4.78, 5) is 10.1. The number of ether oxygens (including phenoxy) is 1. The molecule has 0 aliphatic rings. The van der Waals surface area contributed by atoms with Gasteiger partial charge in [0, 0.05) is 12.6 Å². The van der Waals surface area contributed by atoms with E-state index in [1.165, 1.54) is 12.1 Å². The van der Waals surface area contributed by atoms with E-state index in [2.05, 4.69) is 14.9 Å². The summed E-state index contributed by atoms with van der Waals surface area (Å²) in [6.45, 7) is 0.629. The third-order valence-electron chi connectivity index (χ3n) is 1.93. The molecule has 8 nitrogen and oxygen atoms in total. The molecule has 2 rings (SSSR count). The number of nitro groups is 1. The first-order valence-electron chi connectivity index (χ1n) is 4.46. The van der Waals surface area contributed by atoms with Crippen LogP contribution in [0.15, 0.2) is 16.8 Å². The van der Waals surface area contributed by atoms with Crippen LogP contribution in [0.2, 0.25) is 0 Å². The van der Waals surface area contributed by atoms with Crippen molar-refractivity contribution in [1.82, 2.24) is 10.3 Å². The number of fused-ring (bicyclic) bond motifs is 1. The normalized spacial score (nSPS) is 10.6. The van der Waals surface area contributed by atoms with Crippen LogP contribution < -0.4 is 10.5 Å². The van der Waals surface area contributed by atoms with Crippen molar-refractivity contribution >= 4 is 16.7 Å². The Bertz CT molecular complexity index is 524. The van der Waals surface area contributed by atoms with Crippen molar-refractivity contribution in [3.63, 3.8) is 0 Å². The van der Waals surface area contributed by atoms with Gasteiger partial charge in [0.1, 0.15) is 6.61 Å². The van der Waals surface area contributed by atoms with Crippen molar-refractivity contribution < 1.29 is 14.3 Å². The number of hydrogen-bond donors (Lipinski definition) is 1. The van der Waals surface area contributed by atoms with Gasteiger partial charge in [-0.25, -0.2) is 4.63 Å². The average molecular weight is 224 g/mol. The van der Waals surface area contributed by atoms with E-state index in [9.17, 15) is 10.1 Å². The van der Waals surface area contributed by atoms with Gasteiger partial charge >= 0.3 is 5.69 Å². The summed E-state index contributed by atoms with van der Waals surface area (Å²) in [5, 5.41) is 17.7. The van der Waals surface area contributed by atoms with Gasteiger partial charge in [-0.1, -0.05) is 0 Å². The van der Waals surface area contributed by atoms with Crippen LogP contribution in [0.1, 0.15) is 0 Å². The summed E-state index contributed by atoms with van der Waals surface area (Å²) < 4.78 is 9.71. The molecule has 84 valence electrons. The van der Waals surface area contributed by atoms with E-state index in [0.29, 0.717) is 18.9 Å². The molecule has 1 heterocycles. The van der Waals surface area contributed by atoms with E-state index in [4.69, 9.17) is 10.5 Å². The molecule has 8 heteroatoms. The van der Waals surface area contributed by atoms with E-state index in [-0.39, 0.29) is 16.7 Å². The lowest BCUT2D eigenvalue weighted by Crippen LogP contribution is -2.10. The second-order valence-corrected chi connectivity index (χ2v) is 2.94. The predicted molar refractivity (Wildman–Crippen MR) is 53.0 cm³/mol. The van der Waals surface area contributed by atoms with Gasteiger partial charge in [0.15, 0.2) is 11.3 Å². The number of hydrogen-bond acceptors (Lipinski definition) is 7. The number of nitrogens with zero attached hydrogens (tertiary/aromatic N) is 3.